The molecule has 0 aliphatic carbocycles. The Kier molecular flexibility index (Phi) is 5.19. The van der Waals surface area contributed by atoms with E-state index < -0.39 is 12.0 Å². The number of carbonyl (C=O) groups excluding carboxylic acids is 2. The number of aryl methyl sites for hydroxylation is 1. The van der Waals surface area contributed by atoms with Crippen LogP contribution in [0.4, 0.5) is 5.69 Å². The monoisotopic (exact) mass is 363 g/mol. The fourth-order valence-electron chi connectivity index (χ4n) is 2.56. The second kappa shape index (κ2) is 6.92. The molecule has 0 N–H and O–H groups in total. The highest BCUT2D eigenvalue weighted by Crippen LogP contribution is 2.32. The summed E-state index contributed by atoms with van der Waals surface area (Å²) in [6.45, 7) is 3.61. The molecule has 2 aromatic carbocycles. The lowest BCUT2D eigenvalue weighted by atomic mass is 10.0. The highest BCUT2D eigenvalue weighted by atomic mass is 79.9. The highest BCUT2D eigenvalue weighted by Gasteiger charge is 2.29. The fourth-order valence-corrected chi connectivity index (χ4v) is 2.83. The van der Waals surface area contributed by atoms with Gasteiger partial charge in [-0.25, -0.2) is 4.79 Å². The van der Waals surface area contributed by atoms with Crippen molar-refractivity contribution in [3.8, 4) is 0 Å². The van der Waals surface area contributed by atoms with Gasteiger partial charge in [-0.05, 0) is 24.8 Å². The highest BCUT2D eigenvalue weighted by molar-refractivity contribution is 9.09. The van der Waals surface area contributed by atoms with Gasteiger partial charge in [0.05, 0.1) is 18.1 Å². The van der Waals surface area contributed by atoms with E-state index in [1.807, 2.05) is 43.3 Å². The Morgan fingerprint density at radius 1 is 1.23 bits per heavy atom. The van der Waals surface area contributed by atoms with Crippen molar-refractivity contribution in [3.05, 3.63) is 42.0 Å². The Balaban J connectivity index is 2.69. The first-order valence-electron chi connectivity index (χ1n) is 6.95. The molecule has 0 unspecified atom stereocenters. The van der Waals surface area contributed by atoms with Crippen LogP contribution in [0, 0.1) is 6.92 Å². The number of rotatable bonds is 4. The third-order valence-corrected chi connectivity index (χ3v) is 4.14. The van der Waals surface area contributed by atoms with Crippen LogP contribution in [0.15, 0.2) is 36.4 Å². The van der Waals surface area contributed by atoms with Crippen molar-refractivity contribution in [2.75, 3.05) is 17.3 Å². The molecule has 22 heavy (non-hydrogen) atoms. The van der Waals surface area contributed by atoms with Crippen molar-refractivity contribution in [2.45, 2.75) is 19.9 Å². The number of amides is 1. The summed E-state index contributed by atoms with van der Waals surface area (Å²) in [6.07, 6.45) is 0. The molecule has 0 aliphatic rings. The van der Waals surface area contributed by atoms with E-state index in [-0.39, 0.29) is 11.2 Å². The Morgan fingerprint density at radius 3 is 2.55 bits per heavy atom. The van der Waals surface area contributed by atoms with Gasteiger partial charge in [-0.2, -0.15) is 0 Å². The molecule has 116 valence electrons. The Hall–Kier alpha value is -1.88. The molecule has 0 fully saturated rings. The van der Waals surface area contributed by atoms with Gasteiger partial charge in [-0.3, -0.25) is 9.69 Å². The fraction of sp³-hybridized carbons (Fsp3) is 0.294. The van der Waals surface area contributed by atoms with E-state index >= 15 is 0 Å². The predicted octanol–water partition coefficient (Wildman–Crippen LogP) is 3.44. The molecule has 1 atom stereocenters. The van der Waals surface area contributed by atoms with E-state index in [1.54, 1.807) is 6.92 Å². The molecule has 0 radical (unpaired) electrons. The summed E-state index contributed by atoms with van der Waals surface area (Å²) in [6, 6.07) is 11.1. The third-order valence-electron chi connectivity index (χ3n) is 3.66. The predicted molar refractivity (Wildman–Crippen MR) is 91.4 cm³/mol. The topological polar surface area (TPSA) is 46.6 Å². The molecule has 0 aromatic heterocycles. The Morgan fingerprint density at radius 2 is 1.91 bits per heavy atom. The molecular formula is C17H18BrNO3. The summed E-state index contributed by atoms with van der Waals surface area (Å²) >= 11 is 3.20. The number of nitrogens with zero attached hydrogens (tertiary/aromatic N) is 1. The Labute approximate surface area is 138 Å². The van der Waals surface area contributed by atoms with Crippen molar-refractivity contribution in [3.63, 3.8) is 0 Å². The molecule has 2 rings (SSSR count). The summed E-state index contributed by atoms with van der Waals surface area (Å²) in [5.74, 6) is -0.626. The number of hydrogen-bond acceptors (Lipinski definition) is 3. The van der Waals surface area contributed by atoms with Crippen LogP contribution in [-0.4, -0.2) is 30.4 Å². The van der Waals surface area contributed by atoms with Crippen molar-refractivity contribution < 1.29 is 14.3 Å². The third kappa shape index (κ3) is 2.99. The number of fused-ring (bicyclic) bond motifs is 1. The lowest BCUT2D eigenvalue weighted by molar-refractivity contribution is -0.142. The van der Waals surface area contributed by atoms with Crippen LogP contribution in [0.5, 0.6) is 0 Å². The molecule has 0 saturated heterocycles. The van der Waals surface area contributed by atoms with E-state index in [0.717, 1.165) is 22.0 Å². The second-order valence-corrected chi connectivity index (χ2v) is 5.61. The van der Waals surface area contributed by atoms with Crippen LogP contribution in [-0.2, 0) is 14.3 Å². The average Bonchev–Trinajstić information content (AvgIpc) is 2.55. The molecule has 1 amide bonds. The number of methoxy groups -OCH3 is 1. The van der Waals surface area contributed by atoms with Crippen molar-refractivity contribution in [1.29, 1.82) is 0 Å². The Bertz CT molecular complexity index is 714. The van der Waals surface area contributed by atoms with E-state index in [4.69, 9.17) is 4.74 Å². The molecular weight excluding hydrogens is 346 g/mol. The zero-order chi connectivity index (χ0) is 16.3. The SMILES string of the molecule is COC(=O)[C@H](C)N(C(=O)CBr)c1c(C)ccc2ccccc12. The molecule has 2 aromatic rings. The van der Waals surface area contributed by atoms with Gasteiger partial charge in [-0.1, -0.05) is 52.3 Å². The lowest BCUT2D eigenvalue weighted by Crippen LogP contribution is -2.45. The molecule has 0 heterocycles. The largest absolute Gasteiger partial charge is 0.467 e. The van der Waals surface area contributed by atoms with Gasteiger partial charge < -0.3 is 4.74 Å². The number of halogens is 1. The first-order valence-corrected chi connectivity index (χ1v) is 8.07. The number of ether oxygens (including phenoxy) is 1. The van der Waals surface area contributed by atoms with Crippen LogP contribution >= 0.6 is 15.9 Å². The van der Waals surface area contributed by atoms with Gasteiger partial charge in [0, 0.05) is 5.39 Å². The smallest absolute Gasteiger partial charge is 0.328 e. The molecule has 0 spiro atoms. The van der Waals surface area contributed by atoms with E-state index in [0.29, 0.717) is 0 Å². The second-order valence-electron chi connectivity index (χ2n) is 5.05. The van der Waals surface area contributed by atoms with Crippen LogP contribution in [0.1, 0.15) is 12.5 Å². The average molecular weight is 364 g/mol. The zero-order valence-corrected chi connectivity index (χ0v) is 14.4. The van der Waals surface area contributed by atoms with Gasteiger partial charge in [-0.15, -0.1) is 0 Å². The van der Waals surface area contributed by atoms with Crippen molar-refractivity contribution in [1.82, 2.24) is 0 Å². The number of benzene rings is 2. The number of alkyl halides is 1. The molecule has 0 aliphatic heterocycles. The maximum Gasteiger partial charge on any atom is 0.328 e. The molecule has 4 nitrogen and oxygen atoms in total. The van der Waals surface area contributed by atoms with Crippen molar-refractivity contribution in [2.24, 2.45) is 0 Å². The standard InChI is InChI=1S/C17H18BrNO3/c1-11-8-9-13-6-4-5-7-14(13)16(11)19(15(20)10-18)12(2)17(21)22-3/h4-9,12H,10H2,1-3H3/t12-/m0/s1. The van der Waals surface area contributed by atoms with Gasteiger partial charge in [0.2, 0.25) is 5.91 Å². The maximum atomic E-state index is 12.4. The van der Waals surface area contributed by atoms with E-state index in [9.17, 15) is 9.59 Å². The quantitative estimate of drug-likeness (QED) is 0.617. The summed E-state index contributed by atoms with van der Waals surface area (Å²) in [7, 11) is 1.32. The summed E-state index contributed by atoms with van der Waals surface area (Å²) < 4.78 is 4.81. The first kappa shape index (κ1) is 16.5. The number of hydrogen-bond donors (Lipinski definition) is 0. The van der Waals surface area contributed by atoms with Crippen LogP contribution in [0.25, 0.3) is 10.8 Å². The molecule has 5 heteroatoms. The van der Waals surface area contributed by atoms with Crippen LogP contribution in [0.3, 0.4) is 0 Å². The molecule has 0 saturated carbocycles. The van der Waals surface area contributed by atoms with Gasteiger partial charge in [0.15, 0.2) is 0 Å². The summed E-state index contributed by atoms with van der Waals surface area (Å²) in [5, 5.41) is 2.09. The minimum atomic E-state index is -0.695. The van der Waals surface area contributed by atoms with Gasteiger partial charge in [0.25, 0.3) is 0 Å². The van der Waals surface area contributed by atoms with Crippen molar-refractivity contribution >= 4 is 44.3 Å². The summed E-state index contributed by atoms with van der Waals surface area (Å²) in [4.78, 5) is 25.9. The minimum absolute atomic E-state index is 0.136. The van der Waals surface area contributed by atoms with Crippen LogP contribution in [0.2, 0.25) is 0 Å². The number of carbonyl (C=O) groups is 2. The molecule has 0 bridgehead atoms. The normalized spacial score (nSPS) is 12.0. The first-order chi connectivity index (χ1) is 10.5. The van der Waals surface area contributed by atoms with Crippen LogP contribution < -0.4 is 4.90 Å². The number of anilines is 1. The van der Waals surface area contributed by atoms with E-state index in [1.165, 1.54) is 12.0 Å². The number of esters is 1. The van der Waals surface area contributed by atoms with E-state index in [2.05, 4.69) is 15.9 Å². The maximum absolute atomic E-state index is 12.4. The minimum Gasteiger partial charge on any atom is -0.467 e. The zero-order valence-electron chi connectivity index (χ0n) is 12.8. The van der Waals surface area contributed by atoms with Gasteiger partial charge in [0.1, 0.15) is 6.04 Å². The lowest BCUT2D eigenvalue weighted by Gasteiger charge is -2.29. The summed E-state index contributed by atoms with van der Waals surface area (Å²) in [5.41, 5.74) is 1.68. The van der Waals surface area contributed by atoms with Gasteiger partial charge >= 0.3 is 5.97 Å².